The average Bonchev–Trinajstić information content (AvgIpc) is 2.46. The Morgan fingerprint density at radius 3 is 2.05 bits per heavy atom. The molecule has 2 rings (SSSR count). The summed E-state index contributed by atoms with van der Waals surface area (Å²) in [6.45, 7) is 6.26. The van der Waals surface area contributed by atoms with Gasteiger partial charge in [-0.15, -0.1) is 0 Å². The molecule has 2 nitrogen and oxygen atoms in total. The van der Waals surface area contributed by atoms with E-state index in [0.29, 0.717) is 11.5 Å². The highest BCUT2D eigenvalue weighted by Gasteiger charge is 2.10. The minimum absolute atomic E-state index is 0.312. The zero-order valence-corrected chi connectivity index (χ0v) is 12.6. The Morgan fingerprint density at radius 2 is 1.57 bits per heavy atom. The standard InChI is InChI=1S/C19H20O2/c1-13(2)16-10-6-15(7-11-16)12-18(19(20)21)17-8-4-14(3)5-9-17/h4-13H,1-3H3,(H,20,21)/b18-12-. The minimum atomic E-state index is -0.910. The monoisotopic (exact) mass is 280 g/mol. The van der Waals surface area contributed by atoms with Crippen molar-refractivity contribution in [1.82, 2.24) is 0 Å². The lowest BCUT2D eigenvalue weighted by atomic mass is 9.99. The summed E-state index contributed by atoms with van der Waals surface area (Å²) >= 11 is 0. The maximum Gasteiger partial charge on any atom is 0.336 e. The van der Waals surface area contributed by atoms with Gasteiger partial charge >= 0.3 is 5.97 Å². The molecular formula is C19H20O2. The number of rotatable bonds is 4. The van der Waals surface area contributed by atoms with E-state index in [4.69, 9.17) is 0 Å². The first-order chi connectivity index (χ1) is 9.97. The second-order valence-electron chi connectivity index (χ2n) is 5.55. The van der Waals surface area contributed by atoms with Gasteiger partial charge in [0.2, 0.25) is 0 Å². The van der Waals surface area contributed by atoms with Gasteiger partial charge in [-0.25, -0.2) is 4.79 Å². The van der Waals surface area contributed by atoms with E-state index in [-0.39, 0.29) is 0 Å². The van der Waals surface area contributed by atoms with E-state index in [9.17, 15) is 9.90 Å². The number of hydrogen-bond donors (Lipinski definition) is 1. The molecule has 0 aromatic heterocycles. The van der Waals surface area contributed by atoms with Gasteiger partial charge in [-0.1, -0.05) is 67.9 Å². The van der Waals surface area contributed by atoms with E-state index in [1.54, 1.807) is 6.08 Å². The van der Waals surface area contributed by atoms with Gasteiger partial charge in [0.25, 0.3) is 0 Å². The predicted molar refractivity (Wildman–Crippen MR) is 87.2 cm³/mol. The number of carboxylic acids is 1. The van der Waals surface area contributed by atoms with E-state index in [2.05, 4.69) is 13.8 Å². The largest absolute Gasteiger partial charge is 0.478 e. The highest BCUT2D eigenvalue weighted by Crippen LogP contribution is 2.21. The first-order valence-corrected chi connectivity index (χ1v) is 7.09. The maximum absolute atomic E-state index is 11.5. The zero-order chi connectivity index (χ0) is 15.4. The number of hydrogen-bond acceptors (Lipinski definition) is 1. The fraction of sp³-hybridized carbons (Fsp3) is 0.211. The number of carbonyl (C=O) groups is 1. The molecule has 0 saturated heterocycles. The van der Waals surface area contributed by atoms with Crippen LogP contribution in [0.15, 0.2) is 48.5 Å². The Kier molecular flexibility index (Phi) is 4.59. The van der Waals surface area contributed by atoms with Gasteiger partial charge in [0.15, 0.2) is 0 Å². The highest BCUT2D eigenvalue weighted by molar-refractivity contribution is 6.20. The second kappa shape index (κ2) is 6.40. The van der Waals surface area contributed by atoms with Crippen LogP contribution in [0.3, 0.4) is 0 Å². The Bertz CT molecular complexity index is 647. The lowest BCUT2D eigenvalue weighted by Crippen LogP contribution is -1.99. The fourth-order valence-corrected chi connectivity index (χ4v) is 2.15. The molecule has 0 atom stereocenters. The summed E-state index contributed by atoms with van der Waals surface area (Å²) in [6.07, 6.45) is 1.72. The van der Waals surface area contributed by atoms with Crippen LogP contribution in [0.1, 0.15) is 42.0 Å². The maximum atomic E-state index is 11.5. The highest BCUT2D eigenvalue weighted by atomic mass is 16.4. The number of benzene rings is 2. The van der Waals surface area contributed by atoms with Gasteiger partial charge in [0, 0.05) is 0 Å². The van der Waals surface area contributed by atoms with Crippen molar-refractivity contribution in [2.45, 2.75) is 26.7 Å². The summed E-state index contributed by atoms with van der Waals surface area (Å²) < 4.78 is 0. The SMILES string of the molecule is Cc1ccc(/C(=C/c2ccc(C(C)C)cc2)C(=O)O)cc1. The molecule has 0 spiro atoms. The van der Waals surface area contributed by atoms with Gasteiger partial charge < -0.3 is 5.11 Å². The van der Waals surface area contributed by atoms with Gasteiger partial charge in [0.05, 0.1) is 5.57 Å². The molecule has 0 fully saturated rings. The molecular weight excluding hydrogens is 260 g/mol. The van der Waals surface area contributed by atoms with Gasteiger partial charge in [-0.05, 0) is 35.6 Å². The van der Waals surface area contributed by atoms with Crippen molar-refractivity contribution in [3.63, 3.8) is 0 Å². The van der Waals surface area contributed by atoms with Crippen LogP contribution in [0.2, 0.25) is 0 Å². The quantitative estimate of drug-likeness (QED) is 0.648. The summed E-state index contributed by atoms with van der Waals surface area (Å²) in [7, 11) is 0. The lowest BCUT2D eigenvalue weighted by molar-refractivity contribution is -0.130. The lowest BCUT2D eigenvalue weighted by Gasteiger charge is -2.07. The molecule has 21 heavy (non-hydrogen) atoms. The molecule has 0 saturated carbocycles. The van der Waals surface area contributed by atoms with Crippen molar-refractivity contribution < 1.29 is 9.90 Å². The third kappa shape index (κ3) is 3.82. The molecule has 2 aromatic carbocycles. The van der Waals surface area contributed by atoms with Crippen LogP contribution in [0.25, 0.3) is 11.6 Å². The van der Waals surface area contributed by atoms with E-state index < -0.39 is 5.97 Å². The third-order valence-electron chi connectivity index (χ3n) is 3.51. The molecule has 0 radical (unpaired) electrons. The van der Waals surface area contributed by atoms with Crippen molar-refractivity contribution in [2.75, 3.05) is 0 Å². The molecule has 0 amide bonds. The predicted octanol–water partition coefficient (Wildman–Crippen LogP) is 4.74. The Hall–Kier alpha value is -2.35. The van der Waals surface area contributed by atoms with Gasteiger partial charge in [-0.3, -0.25) is 0 Å². The van der Waals surface area contributed by atoms with Crippen molar-refractivity contribution in [2.24, 2.45) is 0 Å². The molecule has 0 aliphatic rings. The molecule has 1 N–H and O–H groups in total. The van der Waals surface area contributed by atoms with Crippen LogP contribution in [0.4, 0.5) is 0 Å². The van der Waals surface area contributed by atoms with Crippen molar-refractivity contribution in [3.8, 4) is 0 Å². The summed E-state index contributed by atoms with van der Waals surface area (Å²) in [4.78, 5) is 11.5. The normalized spacial score (nSPS) is 11.7. The molecule has 0 unspecified atom stereocenters. The minimum Gasteiger partial charge on any atom is -0.478 e. The van der Waals surface area contributed by atoms with Gasteiger partial charge in [-0.2, -0.15) is 0 Å². The molecule has 0 heterocycles. The molecule has 2 aromatic rings. The molecule has 2 heteroatoms. The van der Waals surface area contributed by atoms with Crippen LogP contribution in [-0.2, 0) is 4.79 Å². The second-order valence-corrected chi connectivity index (χ2v) is 5.55. The van der Waals surface area contributed by atoms with E-state index in [0.717, 1.165) is 16.7 Å². The smallest absolute Gasteiger partial charge is 0.336 e. The van der Waals surface area contributed by atoms with Crippen LogP contribution in [0, 0.1) is 6.92 Å². The van der Waals surface area contributed by atoms with Crippen LogP contribution >= 0.6 is 0 Å². The van der Waals surface area contributed by atoms with Crippen molar-refractivity contribution >= 4 is 17.6 Å². The topological polar surface area (TPSA) is 37.3 Å². The van der Waals surface area contributed by atoms with Crippen LogP contribution < -0.4 is 0 Å². The van der Waals surface area contributed by atoms with Gasteiger partial charge in [0.1, 0.15) is 0 Å². The molecule has 0 aliphatic heterocycles. The fourth-order valence-electron chi connectivity index (χ4n) is 2.15. The summed E-state index contributed by atoms with van der Waals surface area (Å²) in [6, 6.07) is 15.6. The van der Waals surface area contributed by atoms with E-state index >= 15 is 0 Å². The Labute approximate surface area is 125 Å². The van der Waals surface area contributed by atoms with E-state index in [1.807, 2.05) is 55.5 Å². The summed E-state index contributed by atoms with van der Waals surface area (Å²) in [5.74, 6) is -0.439. The number of carboxylic acid groups (broad SMARTS) is 1. The summed E-state index contributed by atoms with van der Waals surface area (Å²) in [5.41, 5.74) is 4.30. The Balaban J connectivity index is 2.37. The number of aliphatic carboxylic acids is 1. The summed E-state index contributed by atoms with van der Waals surface area (Å²) in [5, 5.41) is 9.43. The van der Waals surface area contributed by atoms with Crippen LogP contribution in [0.5, 0.6) is 0 Å². The molecule has 108 valence electrons. The van der Waals surface area contributed by atoms with Crippen molar-refractivity contribution in [3.05, 3.63) is 70.8 Å². The van der Waals surface area contributed by atoms with Crippen LogP contribution in [-0.4, -0.2) is 11.1 Å². The first kappa shape index (κ1) is 15.0. The third-order valence-corrected chi connectivity index (χ3v) is 3.51. The van der Waals surface area contributed by atoms with E-state index in [1.165, 1.54) is 5.56 Å². The van der Waals surface area contributed by atoms with Crippen molar-refractivity contribution in [1.29, 1.82) is 0 Å². The first-order valence-electron chi connectivity index (χ1n) is 7.09. The Morgan fingerprint density at radius 1 is 1.00 bits per heavy atom. The molecule has 0 aliphatic carbocycles. The average molecular weight is 280 g/mol. The number of aryl methyl sites for hydroxylation is 1. The zero-order valence-electron chi connectivity index (χ0n) is 12.6. The molecule has 0 bridgehead atoms.